The van der Waals surface area contributed by atoms with E-state index in [1.807, 2.05) is 0 Å². The third kappa shape index (κ3) is 2.55. The van der Waals surface area contributed by atoms with E-state index in [-0.39, 0.29) is 5.92 Å². The molecule has 0 bridgehead atoms. The van der Waals surface area contributed by atoms with Gasteiger partial charge in [0.05, 0.1) is 0 Å². The molecule has 70 valence electrons. The summed E-state index contributed by atoms with van der Waals surface area (Å²) in [5.74, 6) is 0.853. The molecule has 0 aromatic carbocycles. The van der Waals surface area contributed by atoms with E-state index in [2.05, 4.69) is 11.7 Å². The molecule has 0 spiro atoms. The molecule has 1 saturated carbocycles. The van der Waals surface area contributed by atoms with E-state index in [1.54, 1.807) is 0 Å². The predicted molar refractivity (Wildman–Crippen MR) is 45.3 cm³/mol. The first kappa shape index (κ1) is 9.65. The lowest BCUT2D eigenvalue weighted by atomic mass is 10.1. The summed E-state index contributed by atoms with van der Waals surface area (Å²) in [5.41, 5.74) is -0.660. The molecule has 3 atom stereocenters. The van der Waals surface area contributed by atoms with Crippen LogP contribution in [0.1, 0.15) is 26.2 Å². The highest BCUT2D eigenvalue weighted by atomic mass is 35.5. The van der Waals surface area contributed by atoms with Crippen LogP contribution in [0.5, 0.6) is 0 Å². The third-order valence-electron chi connectivity index (χ3n) is 2.32. The van der Waals surface area contributed by atoms with Gasteiger partial charge in [0.1, 0.15) is 0 Å². The zero-order valence-corrected chi connectivity index (χ0v) is 7.75. The minimum Gasteiger partial charge on any atom is -0.450 e. The fourth-order valence-electron chi connectivity index (χ4n) is 1.68. The van der Waals surface area contributed by atoms with Crippen molar-refractivity contribution in [1.29, 1.82) is 0 Å². The Labute approximate surface area is 76.7 Å². The van der Waals surface area contributed by atoms with Crippen molar-refractivity contribution in [2.45, 2.75) is 31.7 Å². The maximum atomic E-state index is 10.1. The minimum atomic E-state index is -1.28. The minimum absolute atomic E-state index is 0.206. The molecule has 1 fully saturated rings. The molecule has 0 aromatic rings. The maximum absolute atomic E-state index is 10.1. The normalized spacial score (nSPS) is 31.5. The van der Waals surface area contributed by atoms with Crippen molar-refractivity contribution in [3.05, 3.63) is 0 Å². The molecule has 1 N–H and O–H groups in total. The molecule has 3 unspecified atom stereocenters. The molecule has 0 aliphatic heterocycles. The van der Waals surface area contributed by atoms with Gasteiger partial charge in [0.15, 0.2) is 5.56 Å². The molecule has 1 aliphatic carbocycles. The third-order valence-corrected chi connectivity index (χ3v) is 2.76. The molecule has 4 heteroatoms. The molecule has 1 aliphatic rings. The molecule has 0 heterocycles. The van der Waals surface area contributed by atoms with Crippen LogP contribution in [0.25, 0.3) is 0 Å². The van der Waals surface area contributed by atoms with Crippen LogP contribution in [0.3, 0.4) is 0 Å². The zero-order chi connectivity index (χ0) is 9.14. The fraction of sp³-hybridized carbons (Fsp3) is 0.875. The number of alkyl halides is 1. The smallest absolute Gasteiger partial charge is 0.450 e. The molecule has 0 amide bonds. The van der Waals surface area contributed by atoms with Crippen molar-refractivity contribution < 1.29 is 14.6 Å². The Balaban J connectivity index is 2.32. The van der Waals surface area contributed by atoms with E-state index in [4.69, 9.17) is 16.7 Å². The van der Waals surface area contributed by atoms with Gasteiger partial charge in [0.2, 0.25) is 0 Å². The zero-order valence-electron chi connectivity index (χ0n) is 7.00. The van der Waals surface area contributed by atoms with Crippen LogP contribution < -0.4 is 0 Å². The summed E-state index contributed by atoms with van der Waals surface area (Å²) in [6.45, 7) is 2.14. The van der Waals surface area contributed by atoms with Crippen molar-refractivity contribution in [2.24, 2.45) is 11.8 Å². The van der Waals surface area contributed by atoms with E-state index in [1.165, 1.54) is 0 Å². The number of carbonyl (C=O) groups is 1. The van der Waals surface area contributed by atoms with Crippen molar-refractivity contribution in [3.8, 4) is 0 Å². The molecule has 1 rings (SSSR count). The van der Waals surface area contributed by atoms with Gasteiger partial charge in [-0.05, 0) is 18.8 Å². The number of rotatable bonds is 2. The van der Waals surface area contributed by atoms with Crippen LogP contribution in [-0.2, 0) is 4.74 Å². The van der Waals surface area contributed by atoms with Gasteiger partial charge in [-0.2, -0.15) is 0 Å². The van der Waals surface area contributed by atoms with Gasteiger partial charge in [-0.1, -0.05) is 24.9 Å². The quantitative estimate of drug-likeness (QED) is 0.541. The first-order valence-corrected chi connectivity index (χ1v) is 4.57. The van der Waals surface area contributed by atoms with Crippen LogP contribution >= 0.6 is 11.6 Å². The van der Waals surface area contributed by atoms with Crippen molar-refractivity contribution >= 4 is 17.8 Å². The van der Waals surface area contributed by atoms with Crippen LogP contribution in [0, 0.1) is 11.8 Å². The van der Waals surface area contributed by atoms with Crippen molar-refractivity contribution in [3.63, 3.8) is 0 Å². The number of ether oxygens (including phenoxy) is 1. The molecule has 0 aromatic heterocycles. The van der Waals surface area contributed by atoms with E-state index in [9.17, 15) is 4.79 Å². The first-order chi connectivity index (χ1) is 5.59. The summed E-state index contributed by atoms with van der Waals surface area (Å²) >= 11 is 5.74. The Morgan fingerprint density at radius 1 is 1.67 bits per heavy atom. The average molecular weight is 193 g/mol. The van der Waals surface area contributed by atoms with Gasteiger partial charge >= 0.3 is 6.16 Å². The number of halogens is 1. The molecular weight excluding hydrogens is 180 g/mol. The van der Waals surface area contributed by atoms with Gasteiger partial charge in [-0.3, -0.25) is 0 Å². The lowest BCUT2D eigenvalue weighted by Crippen LogP contribution is -2.18. The summed E-state index contributed by atoms with van der Waals surface area (Å²) < 4.78 is 4.46. The van der Waals surface area contributed by atoms with Crippen molar-refractivity contribution in [2.75, 3.05) is 0 Å². The Morgan fingerprint density at radius 2 is 2.33 bits per heavy atom. The van der Waals surface area contributed by atoms with Crippen molar-refractivity contribution in [1.82, 2.24) is 0 Å². The Bertz CT molecular complexity index is 172. The highest BCUT2D eigenvalue weighted by molar-refractivity contribution is 6.20. The number of hydrogen-bond donors (Lipinski definition) is 1. The van der Waals surface area contributed by atoms with E-state index >= 15 is 0 Å². The second-order valence-electron chi connectivity index (χ2n) is 3.41. The standard InChI is InChI=1S/C8H13ClO3/c1-5-2-3-6(4-5)7(9)12-8(10)11/h5-7H,2-4H2,1H3,(H,10,11). The molecule has 0 radical (unpaired) electrons. The van der Waals surface area contributed by atoms with Crippen LogP contribution in [-0.4, -0.2) is 16.8 Å². The average Bonchev–Trinajstić information content (AvgIpc) is 2.34. The van der Waals surface area contributed by atoms with E-state index < -0.39 is 11.7 Å². The van der Waals surface area contributed by atoms with Gasteiger partial charge in [-0.25, -0.2) is 4.79 Å². The predicted octanol–water partition coefficient (Wildman–Crippen LogP) is 2.68. The van der Waals surface area contributed by atoms with Gasteiger partial charge < -0.3 is 9.84 Å². The van der Waals surface area contributed by atoms with E-state index in [0.29, 0.717) is 5.92 Å². The first-order valence-electron chi connectivity index (χ1n) is 4.13. The van der Waals surface area contributed by atoms with E-state index in [0.717, 1.165) is 19.3 Å². The highest BCUT2D eigenvalue weighted by Crippen LogP contribution is 2.35. The molecule has 12 heavy (non-hydrogen) atoms. The Kier molecular flexibility index (Phi) is 3.20. The topological polar surface area (TPSA) is 46.5 Å². The molecule has 0 saturated heterocycles. The second-order valence-corrected chi connectivity index (χ2v) is 3.84. The summed E-state index contributed by atoms with van der Waals surface area (Å²) in [7, 11) is 0. The molecule has 3 nitrogen and oxygen atoms in total. The summed E-state index contributed by atoms with van der Waals surface area (Å²) in [5, 5.41) is 8.30. The largest absolute Gasteiger partial charge is 0.507 e. The van der Waals surface area contributed by atoms with Crippen LogP contribution in [0.15, 0.2) is 0 Å². The van der Waals surface area contributed by atoms with Gasteiger partial charge in [0, 0.05) is 5.92 Å². The summed E-state index contributed by atoms with van der Waals surface area (Å²) in [6.07, 6.45) is 1.79. The SMILES string of the molecule is CC1CCC(C(Cl)OC(=O)O)C1. The van der Waals surface area contributed by atoms with Gasteiger partial charge in [-0.15, -0.1) is 0 Å². The monoisotopic (exact) mass is 192 g/mol. The molecular formula is C8H13ClO3. The lowest BCUT2D eigenvalue weighted by Gasteiger charge is -2.15. The lowest BCUT2D eigenvalue weighted by molar-refractivity contribution is 0.0605. The van der Waals surface area contributed by atoms with Gasteiger partial charge in [0.25, 0.3) is 0 Å². The Morgan fingerprint density at radius 3 is 2.75 bits per heavy atom. The van der Waals surface area contributed by atoms with Crippen LogP contribution in [0.4, 0.5) is 4.79 Å². The summed E-state index contributed by atoms with van der Waals surface area (Å²) in [6, 6.07) is 0. The number of hydrogen-bond acceptors (Lipinski definition) is 2. The highest BCUT2D eigenvalue weighted by Gasteiger charge is 2.29. The second kappa shape index (κ2) is 3.99. The Hall–Kier alpha value is -0.440. The number of carboxylic acid groups (broad SMARTS) is 1. The summed E-state index contributed by atoms with van der Waals surface area (Å²) in [4.78, 5) is 10.1. The fourth-order valence-corrected chi connectivity index (χ4v) is 1.99. The van der Waals surface area contributed by atoms with Crippen LogP contribution in [0.2, 0.25) is 0 Å². The maximum Gasteiger partial charge on any atom is 0.507 e.